The number of likely N-dealkylation sites (tertiary alicyclic amines) is 1. The van der Waals surface area contributed by atoms with Crippen molar-refractivity contribution in [2.75, 3.05) is 20.2 Å². The van der Waals surface area contributed by atoms with E-state index in [1.54, 1.807) is 17.0 Å². The van der Waals surface area contributed by atoms with Crippen LogP contribution in [0.4, 0.5) is 4.79 Å². The van der Waals surface area contributed by atoms with Gasteiger partial charge in [-0.15, -0.1) is 0 Å². The van der Waals surface area contributed by atoms with Gasteiger partial charge >= 0.3 is 19.2 Å². The van der Waals surface area contributed by atoms with Crippen molar-refractivity contribution in [1.82, 2.24) is 10.2 Å². The summed E-state index contributed by atoms with van der Waals surface area (Å²) < 4.78 is 30.5. The van der Waals surface area contributed by atoms with Crippen LogP contribution >= 0.6 is 0 Å². The summed E-state index contributed by atoms with van der Waals surface area (Å²) in [6.07, 6.45) is 3.02. The molecule has 5 atom stereocenters. The van der Waals surface area contributed by atoms with Gasteiger partial charge in [0.2, 0.25) is 5.91 Å². The number of ether oxygens (including phenoxy) is 3. The highest BCUT2D eigenvalue weighted by Gasteiger charge is 2.68. The lowest BCUT2D eigenvalue weighted by Crippen LogP contribution is -2.65. The van der Waals surface area contributed by atoms with E-state index in [0.717, 1.165) is 18.4 Å². The first-order valence-corrected chi connectivity index (χ1v) is 16.8. The number of para-hydroxylation sites is 1. The molecule has 6 rings (SSSR count). The quantitative estimate of drug-likeness (QED) is 0.303. The number of hydrogen-bond acceptors (Lipinski definition) is 8. The molecule has 3 saturated carbocycles. The number of hydrogen-bond donors (Lipinski definition) is 1. The highest BCUT2D eigenvalue weighted by Crippen LogP contribution is 2.65. The maximum absolute atomic E-state index is 13.9. The molecule has 10 nitrogen and oxygen atoms in total. The van der Waals surface area contributed by atoms with Crippen LogP contribution in [0.1, 0.15) is 104 Å². The summed E-state index contributed by atoms with van der Waals surface area (Å²) >= 11 is 0. The minimum Gasteiger partial charge on any atom is -0.496 e. The monoisotopic (exact) mass is 640 g/mol. The molecule has 1 aromatic rings. The Balaban J connectivity index is 1.36. The Hall–Kier alpha value is -2.79. The summed E-state index contributed by atoms with van der Waals surface area (Å²) in [6, 6.07) is 5.39. The van der Waals surface area contributed by atoms with Crippen molar-refractivity contribution >= 4 is 25.1 Å². The minimum absolute atomic E-state index is 0.0549. The number of esters is 1. The molecule has 1 aromatic carbocycles. The van der Waals surface area contributed by atoms with E-state index in [2.05, 4.69) is 26.1 Å². The third kappa shape index (κ3) is 6.91. The molecule has 254 valence electrons. The van der Waals surface area contributed by atoms with Gasteiger partial charge in [0, 0.05) is 19.0 Å². The van der Waals surface area contributed by atoms with Crippen LogP contribution < -0.4 is 10.1 Å². The van der Waals surface area contributed by atoms with Gasteiger partial charge in [0.1, 0.15) is 22.5 Å². The third-order valence-corrected chi connectivity index (χ3v) is 10.5. The summed E-state index contributed by atoms with van der Waals surface area (Å²) in [6.45, 7) is 18.7. The zero-order chi connectivity index (χ0) is 33.8. The number of amides is 2. The van der Waals surface area contributed by atoms with Crippen LogP contribution in [0, 0.1) is 23.2 Å². The van der Waals surface area contributed by atoms with E-state index in [1.807, 2.05) is 47.6 Å². The Labute approximate surface area is 274 Å². The lowest BCUT2D eigenvalue weighted by molar-refractivity contribution is -0.199. The molecule has 3 aliphatic carbocycles. The van der Waals surface area contributed by atoms with E-state index in [9.17, 15) is 14.4 Å². The normalized spacial score (nSPS) is 28.1. The molecule has 0 spiro atoms. The highest BCUT2D eigenvalue weighted by molar-refractivity contribution is 6.48. The van der Waals surface area contributed by atoms with E-state index in [1.165, 1.54) is 7.11 Å². The predicted octanol–water partition coefficient (Wildman–Crippen LogP) is 5.59. The summed E-state index contributed by atoms with van der Waals surface area (Å²) in [5, 5.41) is 3.28. The van der Waals surface area contributed by atoms with Crippen molar-refractivity contribution in [3.05, 3.63) is 29.3 Å². The zero-order valence-corrected chi connectivity index (χ0v) is 29.4. The van der Waals surface area contributed by atoms with E-state index < -0.39 is 35.8 Å². The number of benzene rings is 1. The van der Waals surface area contributed by atoms with Gasteiger partial charge < -0.3 is 33.7 Å². The third-order valence-electron chi connectivity index (χ3n) is 10.5. The number of piperidine rings is 1. The summed E-state index contributed by atoms with van der Waals surface area (Å²) in [5.74, 6) is -0.0276. The van der Waals surface area contributed by atoms with Crippen LogP contribution in [0.3, 0.4) is 0 Å². The van der Waals surface area contributed by atoms with Gasteiger partial charge in [-0.2, -0.15) is 0 Å². The molecule has 5 aliphatic rings. The maximum Gasteiger partial charge on any atom is 0.482 e. The minimum atomic E-state index is -0.675. The Kier molecular flexibility index (Phi) is 9.27. The molecular formula is C35H53BN2O8. The second-order valence-electron chi connectivity index (χ2n) is 16.4. The van der Waals surface area contributed by atoms with Crippen molar-refractivity contribution in [1.29, 1.82) is 0 Å². The van der Waals surface area contributed by atoms with Crippen molar-refractivity contribution < 1.29 is 37.9 Å². The van der Waals surface area contributed by atoms with E-state index in [4.69, 9.17) is 23.5 Å². The fourth-order valence-electron chi connectivity index (χ4n) is 7.96. The molecular weight excluding hydrogens is 587 g/mol. The van der Waals surface area contributed by atoms with Gasteiger partial charge in [0.25, 0.3) is 0 Å². The van der Waals surface area contributed by atoms with Crippen molar-refractivity contribution in [3.8, 4) is 5.75 Å². The largest absolute Gasteiger partial charge is 0.496 e. The average molecular weight is 641 g/mol. The van der Waals surface area contributed by atoms with E-state index in [0.29, 0.717) is 55.5 Å². The highest BCUT2D eigenvalue weighted by atomic mass is 16.7. The smallest absolute Gasteiger partial charge is 0.482 e. The van der Waals surface area contributed by atoms with E-state index >= 15 is 0 Å². The average Bonchev–Trinajstić information content (AvgIpc) is 3.32. The van der Waals surface area contributed by atoms with Gasteiger partial charge in [-0.25, -0.2) is 9.59 Å². The van der Waals surface area contributed by atoms with Crippen LogP contribution in [-0.2, 0) is 30.0 Å². The molecule has 11 heteroatoms. The molecule has 5 fully saturated rings. The molecule has 2 heterocycles. The van der Waals surface area contributed by atoms with Crippen LogP contribution in [0.15, 0.2) is 18.2 Å². The Morgan fingerprint density at radius 2 is 1.67 bits per heavy atom. The summed E-state index contributed by atoms with van der Waals surface area (Å²) in [4.78, 5) is 41.3. The van der Waals surface area contributed by atoms with Gasteiger partial charge in [-0.1, -0.05) is 26.0 Å². The first-order valence-electron chi connectivity index (χ1n) is 16.8. The first-order chi connectivity index (χ1) is 21.3. The number of nitrogens with zero attached hydrogens (tertiary/aromatic N) is 1. The maximum atomic E-state index is 13.9. The number of nitrogens with one attached hydrogen (secondary N) is 1. The molecule has 46 heavy (non-hydrogen) atoms. The molecule has 0 aromatic heterocycles. The van der Waals surface area contributed by atoms with Crippen molar-refractivity contribution in [2.24, 2.45) is 23.2 Å². The molecule has 1 N–H and O–H groups in total. The van der Waals surface area contributed by atoms with Gasteiger partial charge in [-0.05, 0) is 109 Å². The second-order valence-corrected chi connectivity index (χ2v) is 16.4. The van der Waals surface area contributed by atoms with Crippen LogP contribution in [0.5, 0.6) is 5.75 Å². The number of methoxy groups -OCH3 is 1. The lowest BCUT2D eigenvalue weighted by atomic mass is 9.43. The molecule has 2 saturated heterocycles. The topological polar surface area (TPSA) is 113 Å². The van der Waals surface area contributed by atoms with Gasteiger partial charge in [0.05, 0.1) is 24.8 Å². The predicted molar refractivity (Wildman–Crippen MR) is 174 cm³/mol. The fraction of sp³-hybridized carbons (Fsp3) is 0.743. The fourth-order valence-corrected chi connectivity index (χ4v) is 7.96. The Bertz CT molecular complexity index is 1330. The number of carbonyl (C=O) groups excluding carboxylic acids is 3. The molecule has 0 radical (unpaired) electrons. The zero-order valence-electron chi connectivity index (χ0n) is 29.4. The SMILES string of the molecule is COc1c(CC(NC(=O)C2CCN(C(=O)OC(C)(C)C)CC2)B2OC3CC4CC(C4(C)C)C3(C)O2)cccc1C(=O)OC(C)(C)C. The lowest BCUT2D eigenvalue weighted by Gasteiger charge is -2.64. The van der Waals surface area contributed by atoms with E-state index in [-0.39, 0.29) is 29.4 Å². The molecule has 2 bridgehead atoms. The van der Waals surface area contributed by atoms with Crippen molar-refractivity contribution in [2.45, 2.75) is 123 Å². The number of rotatable bonds is 7. The van der Waals surface area contributed by atoms with Gasteiger partial charge in [0.15, 0.2) is 0 Å². The first kappa shape index (κ1) is 34.5. The number of carbonyl (C=O) groups is 3. The van der Waals surface area contributed by atoms with Crippen LogP contribution in [0.2, 0.25) is 0 Å². The Morgan fingerprint density at radius 1 is 1.02 bits per heavy atom. The molecule has 2 aliphatic heterocycles. The summed E-state index contributed by atoms with van der Waals surface area (Å²) in [7, 11) is 0.859. The van der Waals surface area contributed by atoms with Gasteiger partial charge in [-0.3, -0.25) is 4.79 Å². The van der Waals surface area contributed by atoms with Crippen LogP contribution in [0.25, 0.3) is 0 Å². The summed E-state index contributed by atoms with van der Waals surface area (Å²) in [5.41, 5.74) is -0.453. The van der Waals surface area contributed by atoms with Crippen molar-refractivity contribution in [3.63, 3.8) is 0 Å². The Morgan fingerprint density at radius 3 is 2.26 bits per heavy atom. The standard InChI is InChI=1S/C35H53BN2O8/c1-32(2,3)43-30(40)24-13-11-12-22(28(24)42-10)18-27(36-45-26-20-23-19-25(34(23,7)8)35(26,9)46-36)37-29(39)21-14-16-38(17-15-21)31(41)44-33(4,5)6/h11-13,21,23,25-27H,14-20H2,1-10H3,(H,37,39). The molecule has 2 amide bonds. The molecule has 5 unspecified atom stereocenters. The second kappa shape index (κ2) is 12.3. The van der Waals surface area contributed by atoms with Crippen LogP contribution in [-0.4, -0.2) is 79.0 Å².